The molecule has 0 aromatic carbocycles. The van der Waals surface area contributed by atoms with Crippen molar-refractivity contribution < 1.29 is 0 Å². The third kappa shape index (κ3) is 3.86. The minimum absolute atomic E-state index is 0.675. The molecule has 20 heavy (non-hydrogen) atoms. The summed E-state index contributed by atoms with van der Waals surface area (Å²) >= 11 is 6.26. The maximum Gasteiger partial charge on any atom is 0.126 e. The number of pyridine rings is 1. The fourth-order valence-electron chi connectivity index (χ4n) is 3.09. The molecule has 1 heterocycles. The molecule has 2 rings (SSSR count). The number of anilines is 1. The quantitative estimate of drug-likeness (QED) is 0.883. The molecule has 0 unspecified atom stereocenters. The highest BCUT2D eigenvalue weighted by molar-refractivity contribution is 6.31. The topological polar surface area (TPSA) is 28.2 Å². The van der Waals surface area contributed by atoms with E-state index in [1.54, 1.807) is 0 Å². The summed E-state index contributed by atoms with van der Waals surface area (Å²) in [4.78, 5) is 6.99. The molecule has 0 aliphatic heterocycles. The van der Waals surface area contributed by atoms with E-state index < -0.39 is 0 Å². The van der Waals surface area contributed by atoms with Gasteiger partial charge in [-0.3, -0.25) is 4.90 Å². The molecule has 0 radical (unpaired) electrons. The number of halogens is 1. The van der Waals surface area contributed by atoms with Crippen LogP contribution in [0, 0.1) is 5.92 Å². The Morgan fingerprint density at radius 3 is 2.60 bits per heavy atom. The highest BCUT2D eigenvalue weighted by atomic mass is 35.5. The molecule has 0 spiro atoms. The second-order valence-electron chi connectivity index (χ2n) is 5.87. The maximum absolute atomic E-state index is 6.26. The number of nitrogens with zero attached hydrogens (tertiary/aromatic N) is 2. The standard InChI is InChI=1S/C16H26ClN3/c1-4-12-5-7-13(8-6-12)20(3)11-15-14(17)9-10-16(18-2)19-15/h9-10,12-13H,4-8,11H2,1-3H3,(H,18,19). The van der Waals surface area contributed by atoms with Crippen molar-refractivity contribution in [1.82, 2.24) is 9.88 Å². The van der Waals surface area contributed by atoms with Gasteiger partial charge in [-0.15, -0.1) is 0 Å². The van der Waals surface area contributed by atoms with Gasteiger partial charge in [-0.05, 0) is 50.8 Å². The van der Waals surface area contributed by atoms with E-state index in [9.17, 15) is 0 Å². The van der Waals surface area contributed by atoms with Crippen LogP contribution in [-0.4, -0.2) is 30.0 Å². The molecular weight excluding hydrogens is 270 g/mol. The van der Waals surface area contributed by atoms with Gasteiger partial charge in [0.05, 0.1) is 10.7 Å². The summed E-state index contributed by atoms with van der Waals surface area (Å²) in [6, 6.07) is 4.52. The second-order valence-corrected chi connectivity index (χ2v) is 6.28. The molecule has 0 saturated heterocycles. The van der Waals surface area contributed by atoms with Crippen molar-refractivity contribution in [2.45, 2.75) is 51.6 Å². The molecule has 1 saturated carbocycles. The predicted molar refractivity (Wildman–Crippen MR) is 86.3 cm³/mol. The third-order valence-corrected chi connectivity index (χ3v) is 4.94. The van der Waals surface area contributed by atoms with E-state index in [-0.39, 0.29) is 0 Å². The number of hydrogen-bond acceptors (Lipinski definition) is 3. The van der Waals surface area contributed by atoms with Crippen molar-refractivity contribution in [1.29, 1.82) is 0 Å². The Labute approximate surface area is 127 Å². The van der Waals surface area contributed by atoms with Crippen molar-refractivity contribution >= 4 is 17.4 Å². The lowest BCUT2D eigenvalue weighted by molar-refractivity contribution is 0.156. The number of rotatable bonds is 5. The number of nitrogens with one attached hydrogen (secondary N) is 1. The summed E-state index contributed by atoms with van der Waals surface area (Å²) in [6.45, 7) is 3.14. The first-order chi connectivity index (χ1) is 9.63. The van der Waals surface area contributed by atoms with Crippen LogP contribution in [0.2, 0.25) is 5.02 Å². The lowest BCUT2D eigenvalue weighted by Crippen LogP contribution is -2.35. The van der Waals surface area contributed by atoms with Crippen LogP contribution in [0.3, 0.4) is 0 Å². The lowest BCUT2D eigenvalue weighted by atomic mass is 9.84. The highest BCUT2D eigenvalue weighted by Gasteiger charge is 2.23. The molecule has 0 atom stereocenters. The SMILES string of the molecule is CCC1CCC(N(C)Cc2nc(NC)ccc2Cl)CC1. The third-order valence-electron chi connectivity index (χ3n) is 4.59. The van der Waals surface area contributed by atoms with E-state index in [1.165, 1.54) is 32.1 Å². The molecule has 0 bridgehead atoms. The summed E-state index contributed by atoms with van der Waals surface area (Å²) in [5.74, 6) is 1.82. The zero-order valence-corrected chi connectivity index (χ0v) is 13.6. The largest absolute Gasteiger partial charge is 0.373 e. The van der Waals surface area contributed by atoms with Crippen LogP contribution in [0.4, 0.5) is 5.82 Å². The first-order valence-electron chi connectivity index (χ1n) is 7.67. The molecule has 1 fully saturated rings. The molecule has 1 aromatic rings. The van der Waals surface area contributed by atoms with Gasteiger partial charge < -0.3 is 5.32 Å². The molecule has 112 valence electrons. The minimum Gasteiger partial charge on any atom is -0.373 e. The van der Waals surface area contributed by atoms with Crippen LogP contribution >= 0.6 is 11.6 Å². The van der Waals surface area contributed by atoms with E-state index in [0.717, 1.165) is 29.0 Å². The van der Waals surface area contributed by atoms with Gasteiger partial charge in [0.15, 0.2) is 0 Å². The van der Waals surface area contributed by atoms with Crippen molar-refractivity contribution in [2.24, 2.45) is 5.92 Å². The predicted octanol–water partition coefficient (Wildman–Crippen LogP) is 4.18. The van der Waals surface area contributed by atoms with Gasteiger partial charge in [0.1, 0.15) is 5.82 Å². The average molecular weight is 296 g/mol. The van der Waals surface area contributed by atoms with Gasteiger partial charge in [0.2, 0.25) is 0 Å². The first kappa shape index (κ1) is 15.6. The Morgan fingerprint density at radius 2 is 2.00 bits per heavy atom. The fourth-order valence-corrected chi connectivity index (χ4v) is 3.26. The van der Waals surface area contributed by atoms with E-state index >= 15 is 0 Å². The van der Waals surface area contributed by atoms with Gasteiger partial charge in [-0.25, -0.2) is 4.98 Å². The fraction of sp³-hybridized carbons (Fsp3) is 0.688. The normalized spacial score (nSPS) is 23.1. The number of aromatic nitrogens is 1. The van der Waals surface area contributed by atoms with E-state index in [4.69, 9.17) is 11.6 Å². The highest BCUT2D eigenvalue weighted by Crippen LogP contribution is 2.30. The van der Waals surface area contributed by atoms with Crippen LogP contribution < -0.4 is 5.32 Å². The Kier molecular flexibility index (Phi) is 5.67. The van der Waals surface area contributed by atoms with Crippen LogP contribution in [0.15, 0.2) is 12.1 Å². The van der Waals surface area contributed by atoms with Crippen molar-refractivity contribution in [3.05, 3.63) is 22.8 Å². The molecule has 4 heteroatoms. The van der Waals surface area contributed by atoms with Gasteiger partial charge >= 0.3 is 0 Å². The lowest BCUT2D eigenvalue weighted by Gasteiger charge is -2.34. The van der Waals surface area contributed by atoms with Crippen LogP contribution in [0.5, 0.6) is 0 Å². The van der Waals surface area contributed by atoms with E-state index in [2.05, 4.69) is 29.2 Å². The molecule has 1 N–H and O–H groups in total. The van der Waals surface area contributed by atoms with Gasteiger partial charge in [-0.1, -0.05) is 24.9 Å². The van der Waals surface area contributed by atoms with Crippen molar-refractivity contribution in [3.63, 3.8) is 0 Å². The van der Waals surface area contributed by atoms with Crippen molar-refractivity contribution in [3.8, 4) is 0 Å². The zero-order valence-electron chi connectivity index (χ0n) is 12.8. The Morgan fingerprint density at radius 1 is 1.30 bits per heavy atom. The van der Waals surface area contributed by atoms with Crippen LogP contribution in [0.25, 0.3) is 0 Å². The summed E-state index contributed by atoms with van der Waals surface area (Å²) in [6.07, 6.45) is 6.66. The summed E-state index contributed by atoms with van der Waals surface area (Å²) in [5.41, 5.74) is 0.971. The average Bonchev–Trinajstić information content (AvgIpc) is 2.49. The van der Waals surface area contributed by atoms with Gasteiger partial charge in [0.25, 0.3) is 0 Å². The van der Waals surface area contributed by atoms with E-state index in [1.807, 2.05) is 19.2 Å². The molecule has 3 nitrogen and oxygen atoms in total. The second kappa shape index (κ2) is 7.28. The van der Waals surface area contributed by atoms with Crippen LogP contribution in [0.1, 0.15) is 44.7 Å². The molecule has 0 amide bonds. The first-order valence-corrected chi connectivity index (χ1v) is 8.05. The minimum atomic E-state index is 0.675. The molecule has 1 aromatic heterocycles. The number of hydrogen-bond donors (Lipinski definition) is 1. The summed E-state index contributed by atoms with van der Waals surface area (Å²) in [7, 11) is 4.08. The van der Waals surface area contributed by atoms with Crippen molar-refractivity contribution in [2.75, 3.05) is 19.4 Å². The van der Waals surface area contributed by atoms with Gasteiger partial charge in [0, 0.05) is 19.6 Å². The van der Waals surface area contributed by atoms with Gasteiger partial charge in [-0.2, -0.15) is 0 Å². The smallest absolute Gasteiger partial charge is 0.126 e. The zero-order chi connectivity index (χ0) is 14.5. The Bertz CT molecular complexity index is 428. The van der Waals surface area contributed by atoms with Crippen LogP contribution in [-0.2, 0) is 6.54 Å². The maximum atomic E-state index is 6.26. The monoisotopic (exact) mass is 295 g/mol. The van der Waals surface area contributed by atoms with E-state index in [0.29, 0.717) is 6.04 Å². The molecule has 1 aliphatic carbocycles. The molecule has 1 aliphatic rings. The summed E-state index contributed by atoms with van der Waals surface area (Å²) in [5, 5.41) is 3.83. The molecular formula is C16H26ClN3. The Hall–Kier alpha value is -0.800. The summed E-state index contributed by atoms with van der Waals surface area (Å²) < 4.78 is 0. The Balaban J connectivity index is 1.96.